The van der Waals surface area contributed by atoms with Crippen LogP contribution in [0.3, 0.4) is 0 Å². The largest absolute Gasteiger partial charge is 0.179 e. The molecule has 0 N–H and O–H groups in total. The van der Waals surface area contributed by atoms with E-state index in [-0.39, 0.29) is 0 Å². The molecule has 3 heteroatoms. The van der Waals surface area contributed by atoms with Crippen molar-refractivity contribution < 1.29 is 0 Å². The molecule has 0 fully saturated rings. The molecule has 0 nitrogen and oxygen atoms in total. The Bertz CT molecular complexity index is 28.9. The quantitative estimate of drug-likeness (QED) is 0.345. The minimum atomic E-state index is 1.03. The van der Waals surface area contributed by atoms with Gasteiger partial charge in [0.2, 0.25) is 0 Å². The zero-order chi connectivity index (χ0) is 5.54. The summed E-state index contributed by atoms with van der Waals surface area (Å²) in [7, 11) is 0. The van der Waals surface area contributed by atoms with Crippen molar-refractivity contribution in [2.24, 2.45) is 0 Å². The van der Waals surface area contributed by atoms with Gasteiger partial charge in [0, 0.05) is 3.76 Å². The van der Waals surface area contributed by atoms with Gasteiger partial charge in [-0.05, 0) is 17.9 Å². The highest BCUT2D eigenvalue weighted by atomic mass is 127. The van der Waals surface area contributed by atoms with Crippen LogP contribution in [-0.4, -0.2) is 15.3 Å². The van der Waals surface area contributed by atoms with Crippen LogP contribution < -0.4 is 0 Å². The third kappa shape index (κ3) is 7.43. The van der Waals surface area contributed by atoms with Crippen LogP contribution in [0.2, 0.25) is 0 Å². The van der Waals surface area contributed by atoms with E-state index in [0.717, 1.165) is 5.75 Å². The van der Waals surface area contributed by atoms with Crippen molar-refractivity contribution in [3.8, 4) is 0 Å². The number of alkyl halides is 1. The Kier molecular flexibility index (Phi) is 8.95. The van der Waals surface area contributed by atoms with Crippen molar-refractivity contribution in [2.45, 2.75) is 6.42 Å². The molecule has 0 saturated heterocycles. The molecule has 0 radical (unpaired) electrons. The zero-order valence-corrected chi connectivity index (χ0v) is 7.93. The summed E-state index contributed by atoms with van der Waals surface area (Å²) in [5, 5.41) is 0. The van der Waals surface area contributed by atoms with Crippen LogP contribution in [0.5, 0.6) is 0 Å². The fraction of sp³-hybridized carbons (Fsp3) is 1.00. The third-order valence-electron chi connectivity index (χ3n) is 0.524. The normalized spacial score (nSPS) is 9.43. The summed E-state index contributed by atoms with van der Waals surface area (Å²) >= 11 is 8.41. The van der Waals surface area contributed by atoms with Gasteiger partial charge in [-0.25, -0.2) is 0 Å². The Morgan fingerprint density at radius 1 is 1.57 bits per heavy atom. The van der Waals surface area contributed by atoms with Gasteiger partial charge in [0.05, 0.1) is 0 Å². The van der Waals surface area contributed by atoms with Crippen LogP contribution in [-0.2, 0) is 0 Å². The minimum absolute atomic E-state index is 1.03. The lowest BCUT2D eigenvalue weighted by molar-refractivity contribution is 1.13. The van der Waals surface area contributed by atoms with Gasteiger partial charge >= 0.3 is 0 Å². The summed E-state index contributed by atoms with van der Waals surface area (Å²) in [4.78, 5) is 0. The first-order valence-electron chi connectivity index (χ1n) is 2.16. The highest BCUT2D eigenvalue weighted by molar-refractivity contribution is 14.1. The van der Waals surface area contributed by atoms with Gasteiger partial charge in [-0.15, -0.1) is 0 Å². The van der Waals surface area contributed by atoms with E-state index in [9.17, 15) is 0 Å². The van der Waals surface area contributed by atoms with Crippen LogP contribution >= 0.6 is 47.0 Å². The molecule has 0 heterocycles. The molecule has 0 aliphatic heterocycles. The van der Waals surface area contributed by atoms with Gasteiger partial charge in [-0.2, -0.15) is 24.4 Å². The lowest BCUT2D eigenvalue weighted by atomic mass is 10.6. The molecule has 0 aliphatic rings. The third-order valence-corrected chi connectivity index (χ3v) is 2.89. The van der Waals surface area contributed by atoms with E-state index in [1.807, 2.05) is 11.8 Å². The fourth-order valence-corrected chi connectivity index (χ4v) is 1.99. The van der Waals surface area contributed by atoms with E-state index in [0.29, 0.717) is 0 Å². The second kappa shape index (κ2) is 7.43. The fourth-order valence-electron chi connectivity index (χ4n) is 0.221. The smallest absolute Gasteiger partial charge is 0.0454 e. The summed E-state index contributed by atoms with van der Waals surface area (Å²) < 4.78 is 1.21. The number of hydrogen-bond acceptors (Lipinski definition) is 2. The van der Waals surface area contributed by atoms with Gasteiger partial charge in [0.25, 0.3) is 0 Å². The topological polar surface area (TPSA) is 0 Å². The second-order valence-corrected chi connectivity index (χ2v) is 4.44. The molecule has 44 valence electrons. The molecular formula is C4H9IS2. The van der Waals surface area contributed by atoms with E-state index in [4.69, 9.17) is 0 Å². The van der Waals surface area contributed by atoms with Gasteiger partial charge in [0.15, 0.2) is 0 Å². The summed E-state index contributed by atoms with van der Waals surface area (Å²) in [6.45, 7) is 0. The molecule has 0 aromatic heterocycles. The highest BCUT2D eigenvalue weighted by Gasteiger charge is 1.81. The van der Waals surface area contributed by atoms with E-state index in [1.165, 1.54) is 15.9 Å². The Hall–Kier alpha value is 1.43. The standard InChI is InChI=1S/C4H9IS2/c5-4-7-3-1-2-6/h6H,1-4H2. The van der Waals surface area contributed by atoms with Crippen LogP contribution in [0.15, 0.2) is 0 Å². The molecule has 0 aliphatic carbocycles. The summed E-state index contributed by atoms with van der Waals surface area (Å²) in [5.74, 6) is 2.30. The molecule has 0 bridgehead atoms. The van der Waals surface area contributed by atoms with E-state index in [2.05, 4.69) is 35.2 Å². The molecule has 0 atom stereocenters. The van der Waals surface area contributed by atoms with Crippen molar-refractivity contribution in [3.63, 3.8) is 0 Å². The predicted octanol–water partition coefficient (Wildman–Crippen LogP) is 2.43. The molecule has 0 aromatic rings. The summed E-state index contributed by atoms with van der Waals surface area (Å²) in [6.07, 6.45) is 1.25. The summed E-state index contributed by atoms with van der Waals surface area (Å²) in [5.41, 5.74) is 0. The maximum atomic E-state index is 4.08. The Balaban J connectivity index is 2.45. The first-order valence-corrected chi connectivity index (χ1v) is 5.47. The van der Waals surface area contributed by atoms with Crippen LogP contribution in [0.1, 0.15) is 6.42 Å². The monoisotopic (exact) mass is 248 g/mol. The van der Waals surface area contributed by atoms with E-state index >= 15 is 0 Å². The van der Waals surface area contributed by atoms with Crippen molar-refractivity contribution in [2.75, 3.05) is 15.3 Å². The van der Waals surface area contributed by atoms with Gasteiger partial charge in [0.1, 0.15) is 0 Å². The first kappa shape index (κ1) is 8.43. The van der Waals surface area contributed by atoms with Crippen LogP contribution in [0.25, 0.3) is 0 Å². The van der Waals surface area contributed by atoms with E-state index < -0.39 is 0 Å². The Labute approximate surface area is 68.4 Å². The van der Waals surface area contributed by atoms with Gasteiger partial charge < -0.3 is 0 Å². The number of halogens is 1. The molecule has 0 amide bonds. The van der Waals surface area contributed by atoms with Crippen molar-refractivity contribution in [1.82, 2.24) is 0 Å². The maximum absolute atomic E-state index is 4.08. The lowest BCUT2D eigenvalue weighted by Crippen LogP contribution is -1.78. The van der Waals surface area contributed by atoms with Gasteiger partial charge in [-0.3, -0.25) is 0 Å². The number of thioether (sulfide) groups is 1. The average molecular weight is 248 g/mol. The average Bonchev–Trinajstić information content (AvgIpc) is 1.69. The van der Waals surface area contributed by atoms with Crippen LogP contribution in [0, 0.1) is 0 Å². The SMILES string of the molecule is SCCCSCI. The lowest BCUT2D eigenvalue weighted by Gasteiger charge is -1.89. The molecule has 0 aromatic carbocycles. The molecule has 0 saturated carbocycles. The van der Waals surface area contributed by atoms with Crippen molar-refractivity contribution in [3.05, 3.63) is 0 Å². The zero-order valence-electron chi connectivity index (χ0n) is 4.06. The number of thiol groups is 1. The van der Waals surface area contributed by atoms with Crippen molar-refractivity contribution >= 4 is 47.0 Å². The molecule has 0 unspecified atom stereocenters. The minimum Gasteiger partial charge on any atom is -0.179 e. The second-order valence-electron chi connectivity index (χ2n) is 1.09. The number of rotatable bonds is 4. The molecule has 7 heavy (non-hydrogen) atoms. The van der Waals surface area contributed by atoms with Crippen molar-refractivity contribution in [1.29, 1.82) is 0 Å². The first-order chi connectivity index (χ1) is 3.41. The van der Waals surface area contributed by atoms with Crippen LogP contribution in [0.4, 0.5) is 0 Å². The Morgan fingerprint density at radius 2 is 2.29 bits per heavy atom. The summed E-state index contributed by atoms with van der Waals surface area (Å²) in [6, 6.07) is 0. The molecular weight excluding hydrogens is 239 g/mol. The highest BCUT2D eigenvalue weighted by Crippen LogP contribution is 2.05. The molecule has 0 spiro atoms. The molecule has 0 rings (SSSR count). The van der Waals surface area contributed by atoms with E-state index in [1.54, 1.807) is 0 Å². The maximum Gasteiger partial charge on any atom is 0.0454 e. The predicted molar refractivity (Wildman–Crippen MR) is 49.8 cm³/mol. The Morgan fingerprint density at radius 3 is 2.71 bits per heavy atom. The number of hydrogen-bond donors (Lipinski definition) is 1. The van der Waals surface area contributed by atoms with Gasteiger partial charge in [-0.1, -0.05) is 22.6 Å².